The highest BCUT2D eigenvalue weighted by Crippen LogP contribution is 2.43. The third-order valence-electron chi connectivity index (χ3n) is 10.9. The molecule has 64 heavy (non-hydrogen) atoms. The number of amidine groups is 1. The molecule has 8 aromatic carbocycles. The minimum atomic E-state index is 0.668. The van der Waals surface area contributed by atoms with Gasteiger partial charge < -0.3 is 20.4 Å². The van der Waals surface area contributed by atoms with Crippen molar-refractivity contribution in [1.82, 2.24) is 0 Å². The summed E-state index contributed by atoms with van der Waals surface area (Å²) in [5.74, 6) is 0.668. The number of hydrogen-bond acceptors (Lipinski definition) is 5. The Hall–Kier alpha value is -8.35. The Kier molecular flexibility index (Phi) is 13.5. The predicted molar refractivity (Wildman–Crippen MR) is 273 cm³/mol. The summed E-state index contributed by atoms with van der Waals surface area (Å²) >= 11 is 0. The molecule has 0 aliphatic heterocycles. The van der Waals surface area contributed by atoms with Gasteiger partial charge in [0.1, 0.15) is 0 Å². The number of aliphatic imine (C=N–C) groups is 1. The maximum Gasteiger partial charge on any atom is 0.162 e. The van der Waals surface area contributed by atoms with Crippen molar-refractivity contribution < 1.29 is 0 Å². The second-order valence-corrected chi connectivity index (χ2v) is 15.2. The molecule has 0 radical (unpaired) electrons. The van der Waals surface area contributed by atoms with E-state index in [2.05, 4.69) is 240 Å². The summed E-state index contributed by atoms with van der Waals surface area (Å²) in [5.41, 5.74) is 19.4. The van der Waals surface area contributed by atoms with Crippen molar-refractivity contribution in [3.63, 3.8) is 0 Å². The molecule has 0 fully saturated rings. The number of aryl methyl sites for hydroxylation is 2. The zero-order valence-corrected chi connectivity index (χ0v) is 36.5. The van der Waals surface area contributed by atoms with Crippen molar-refractivity contribution in [3.8, 4) is 0 Å². The Morgan fingerprint density at radius 1 is 0.422 bits per heavy atom. The van der Waals surface area contributed by atoms with E-state index >= 15 is 0 Å². The fourth-order valence-corrected chi connectivity index (χ4v) is 7.99. The van der Waals surface area contributed by atoms with Gasteiger partial charge in [0.2, 0.25) is 0 Å². The van der Waals surface area contributed by atoms with Crippen LogP contribution in [0, 0.1) is 13.8 Å². The summed E-state index contributed by atoms with van der Waals surface area (Å²) in [6.07, 6.45) is 9.38. The van der Waals surface area contributed by atoms with Crippen LogP contribution in [0.1, 0.15) is 18.1 Å². The first-order chi connectivity index (χ1) is 31.6. The molecule has 0 amide bonds. The Morgan fingerprint density at radius 3 is 1.11 bits per heavy atom. The van der Waals surface area contributed by atoms with Gasteiger partial charge in [-0.15, -0.1) is 0 Å². The van der Waals surface area contributed by atoms with Gasteiger partial charge in [0.15, 0.2) is 5.84 Å². The number of hydrogen-bond donors (Lipinski definition) is 1. The van der Waals surface area contributed by atoms with Gasteiger partial charge in [-0.1, -0.05) is 121 Å². The molecule has 2 N–H and O–H groups in total. The lowest BCUT2D eigenvalue weighted by molar-refractivity contribution is 1.17. The van der Waals surface area contributed by atoms with Crippen LogP contribution in [0.15, 0.2) is 260 Å². The number of rotatable bonds is 14. The highest BCUT2D eigenvalue weighted by atomic mass is 15.3. The van der Waals surface area contributed by atoms with E-state index < -0.39 is 0 Å². The van der Waals surface area contributed by atoms with Gasteiger partial charge in [0, 0.05) is 69.3 Å². The smallest absolute Gasteiger partial charge is 0.162 e. The van der Waals surface area contributed by atoms with Crippen LogP contribution in [0.25, 0.3) is 0 Å². The van der Waals surface area contributed by atoms with E-state index in [-0.39, 0.29) is 0 Å². The third-order valence-corrected chi connectivity index (χ3v) is 10.9. The Morgan fingerprint density at radius 2 is 0.766 bits per heavy atom. The Balaban J connectivity index is 1.31. The molecule has 0 saturated heterocycles. The highest BCUT2D eigenvalue weighted by molar-refractivity contribution is 6.17. The first-order valence-corrected chi connectivity index (χ1v) is 21.6. The van der Waals surface area contributed by atoms with Crippen molar-refractivity contribution in [2.24, 2.45) is 10.7 Å². The number of nitrogens with zero attached hydrogens (tertiary/aromatic N) is 5. The van der Waals surface area contributed by atoms with Gasteiger partial charge in [-0.25, -0.2) is 4.99 Å². The molecule has 0 saturated carbocycles. The van der Waals surface area contributed by atoms with E-state index in [0.29, 0.717) is 5.84 Å². The molecule has 0 aliphatic rings. The van der Waals surface area contributed by atoms with Gasteiger partial charge in [-0.05, 0) is 147 Å². The zero-order chi connectivity index (χ0) is 44.1. The normalized spacial score (nSPS) is 11.8. The lowest BCUT2D eigenvalue weighted by Crippen LogP contribution is -2.34. The molecular formula is C58H52N6. The molecule has 0 bridgehead atoms. The molecule has 6 nitrogen and oxygen atoms in total. The molecule has 6 heteroatoms. The zero-order valence-electron chi connectivity index (χ0n) is 36.5. The molecule has 0 aromatic heterocycles. The summed E-state index contributed by atoms with van der Waals surface area (Å²) in [6.45, 7) is 6.38. The minimum Gasteiger partial charge on any atom is -0.403 e. The molecular weight excluding hydrogens is 781 g/mol. The second kappa shape index (κ2) is 20.5. The van der Waals surface area contributed by atoms with E-state index in [0.717, 1.165) is 73.7 Å². The SMILES string of the molecule is C\C=C/C=C(\C(=N\C=C/N)N(c1ccccc1)c1ccc(N(c2ccccc2)c2ccccc2)c(C)c1)N(c1ccccc1)c1ccc(N(c2ccccc2)c2ccccc2)c(C)c1. The van der Waals surface area contributed by atoms with Crippen LogP contribution in [0.5, 0.6) is 0 Å². The fraction of sp³-hybridized carbons (Fsp3) is 0.0517. The van der Waals surface area contributed by atoms with Crippen LogP contribution >= 0.6 is 0 Å². The van der Waals surface area contributed by atoms with Crippen LogP contribution in [-0.4, -0.2) is 5.84 Å². The molecule has 0 aliphatic carbocycles. The summed E-state index contributed by atoms with van der Waals surface area (Å²) in [5, 5.41) is 0. The van der Waals surface area contributed by atoms with Crippen LogP contribution in [0.4, 0.5) is 56.9 Å². The number of benzene rings is 8. The molecule has 0 spiro atoms. The average molecular weight is 833 g/mol. The minimum absolute atomic E-state index is 0.668. The quantitative estimate of drug-likeness (QED) is 0.0672. The first-order valence-electron chi connectivity index (χ1n) is 21.6. The lowest BCUT2D eigenvalue weighted by atomic mass is 10.1. The molecule has 0 heterocycles. The van der Waals surface area contributed by atoms with Crippen molar-refractivity contribution >= 4 is 62.7 Å². The molecule has 0 unspecified atom stereocenters. The van der Waals surface area contributed by atoms with Crippen molar-refractivity contribution in [2.75, 3.05) is 19.6 Å². The largest absolute Gasteiger partial charge is 0.403 e. The highest BCUT2D eigenvalue weighted by Gasteiger charge is 2.28. The van der Waals surface area contributed by atoms with Gasteiger partial charge in [-0.3, -0.25) is 4.90 Å². The van der Waals surface area contributed by atoms with E-state index in [4.69, 9.17) is 10.7 Å². The first kappa shape index (κ1) is 42.3. The van der Waals surface area contributed by atoms with Crippen molar-refractivity contribution in [3.05, 3.63) is 266 Å². The second-order valence-electron chi connectivity index (χ2n) is 15.2. The van der Waals surface area contributed by atoms with Gasteiger partial charge in [0.25, 0.3) is 0 Å². The number of nitrogens with two attached hydrogens (primary N) is 1. The third kappa shape index (κ3) is 9.42. The molecule has 314 valence electrons. The Bertz CT molecular complexity index is 2580. The van der Waals surface area contributed by atoms with Crippen LogP contribution < -0.4 is 25.3 Å². The van der Waals surface area contributed by atoms with E-state index in [1.165, 1.54) is 6.20 Å². The molecule has 8 aromatic rings. The summed E-state index contributed by atoms with van der Waals surface area (Å²) < 4.78 is 0. The summed E-state index contributed by atoms with van der Waals surface area (Å²) in [7, 11) is 0. The van der Waals surface area contributed by atoms with Crippen molar-refractivity contribution in [2.45, 2.75) is 20.8 Å². The van der Waals surface area contributed by atoms with Crippen LogP contribution in [-0.2, 0) is 0 Å². The Labute approximate surface area is 378 Å². The van der Waals surface area contributed by atoms with Crippen molar-refractivity contribution in [1.29, 1.82) is 0 Å². The number of allylic oxidation sites excluding steroid dienone is 3. The lowest BCUT2D eigenvalue weighted by Gasteiger charge is -2.35. The van der Waals surface area contributed by atoms with E-state index in [1.807, 2.05) is 37.3 Å². The van der Waals surface area contributed by atoms with Gasteiger partial charge in [0.05, 0.1) is 5.70 Å². The standard InChI is InChI=1S/C58H52N6/c1-4-5-36-57(63(51-32-20-10-21-33-51)53-37-39-55(45(2)43-53)61(47-24-12-6-13-25-47)48-26-14-7-15-27-48)58(60-42-41-59)64(52-34-22-11-23-35-52)54-38-40-56(46(3)44-54)62(49-28-16-8-17-29-49)50-30-18-9-19-31-50/h4-44H,59H2,1-3H3/b5-4-,42-41-,57-36+,60-58-. The molecule has 8 rings (SSSR count). The van der Waals surface area contributed by atoms with E-state index in [9.17, 15) is 0 Å². The number of para-hydroxylation sites is 6. The maximum absolute atomic E-state index is 6.14. The topological polar surface area (TPSA) is 51.3 Å². The summed E-state index contributed by atoms with van der Waals surface area (Å²) in [6, 6.07) is 76.2. The van der Waals surface area contributed by atoms with Gasteiger partial charge >= 0.3 is 0 Å². The predicted octanol–water partition coefficient (Wildman–Crippen LogP) is 15.5. The number of anilines is 10. The summed E-state index contributed by atoms with van der Waals surface area (Å²) in [4.78, 5) is 14.3. The van der Waals surface area contributed by atoms with Crippen LogP contribution in [0.2, 0.25) is 0 Å². The van der Waals surface area contributed by atoms with E-state index in [1.54, 1.807) is 6.20 Å². The maximum atomic E-state index is 6.14. The monoisotopic (exact) mass is 832 g/mol. The fourth-order valence-electron chi connectivity index (χ4n) is 7.99. The van der Waals surface area contributed by atoms with Crippen LogP contribution in [0.3, 0.4) is 0 Å². The van der Waals surface area contributed by atoms with Gasteiger partial charge in [-0.2, -0.15) is 0 Å². The average Bonchev–Trinajstić information content (AvgIpc) is 3.35. The molecule has 0 atom stereocenters.